The van der Waals surface area contributed by atoms with E-state index in [9.17, 15) is 13.6 Å². The fourth-order valence-corrected chi connectivity index (χ4v) is 5.29. The van der Waals surface area contributed by atoms with Gasteiger partial charge in [-0.25, -0.2) is 13.6 Å². The Kier molecular flexibility index (Phi) is 2.70. The van der Waals surface area contributed by atoms with Crippen molar-refractivity contribution in [2.75, 3.05) is 6.61 Å². The van der Waals surface area contributed by atoms with Gasteiger partial charge in [-0.05, 0) is 43.2 Å². The molecule has 4 atom stereocenters. The summed E-state index contributed by atoms with van der Waals surface area (Å²) >= 11 is 0. The zero-order valence-corrected chi connectivity index (χ0v) is 13.0. The molecule has 2 aromatic rings. The maximum absolute atomic E-state index is 14.6. The van der Waals surface area contributed by atoms with Crippen LogP contribution in [-0.2, 0) is 4.74 Å². The van der Waals surface area contributed by atoms with Crippen molar-refractivity contribution in [3.63, 3.8) is 0 Å². The van der Waals surface area contributed by atoms with Crippen molar-refractivity contribution in [1.29, 1.82) is 0 Å². The van der Waals surface area contributed by atoms with E-state index in [0.29, 0.717) is 29.3 Å². The number of hydrogen-bond acceptors (Lipinski definition) is 3. The highest BCUT2D eigenvalue weighted by Gasteiger charge is 2.85. The molecule has 4 unspecified atom stereocenters. The number of para-hydroxylation sites is 1. The quantitative estimate of drug-likeness (QED) is 0.797. The minimum absolute atomic E-state index is 0.0273. The van der Waals surface area contributed by atoms with Gasteiger partial charge in [-0.1, -0.05) is 18.2 Å². The Labute approximate surface area is 138 Å². The van der Waals surface area contributed by atoms with Crippen molar-refractivity contribution < 1.29 is 18.3 Å². The second-order valence-electron chi connectivity index (χ2n) is 7.34. The molecule has 0 N–H and O–H groups in total. The fourth-order valence-electron chi connectivity index (χ4n) is 5.29. The van der Waals surface area contributed by atoms with Gasteiger partial charge >= 0.3 is 5.97 Å². The van der Waals surface area contributed by atoms with Crippen LogP contribution in [0.2, 0.25) is 0 Å². The lowest BCUT2D eigenvalue weighted by Crippen LogP contribution is -2.42. The van der Waals surface area contributed by atoms with Crippen LogP contribution in [0.15, 0.2) is 36.5 Å². The smallest absolute Gasteiger partial charge is 0.338 e. The number of pyridine rings is 1. The van der Waals surface area contributed by atoms with Crippen LogP contribution in [0, 0.1) is 23.2 Å². The van der Waals surface area contributed by atoms with Crippen molar-refractivity contribution in [2.45, 2.75) is 25.2 Å². The summed E-state index contributed by atoms with van der Waals surface area (Å²) in [6.07, 6.45) is 3.59. The molecule has 3 nitrogen and oxygen atoms in total. The first kappa shape index (κ1) is 14.3. The molecule has 0 aliphatic heterocycles. The van der Waals surface area contributed by atoms with Gasteiger partial charge in [0.2, 0.25) is 0 Å². The van der Waals surface area contributed by atoms with Crippen molar-refractivity contribution in [3.8, 4) is 0 Å². The summed E-state index contributed by atoms with van der Waals surface area (Å²) in [6, 6.07) is 8.86. The fraction of sp³-hybridized carbons (Fsp3) is 0.474. The lowest BCUT2D eigenvalue weighted by molar-refractivity contribution is -0.142. The Balaban J connectivity index is 1.40. The van der Waals surface area contributed by atoms with Crippen LogP contribution in [0.3, 0.4) is 0 Å². The summed E-state index contributed by atoms with van der Waals surface area (Å²) in [7, 11) is 0. The van der Waals surface area contributed by atoms with E-state index in [4.69, 9.17) is 4.74 Å². The molecule has 0 spiro atoms. The van der Waals surface area contributed by atoms with Gasteiger partial charge < -0.3 is 4.74 Å². The van der Waals surface area contributed by atoms with Gasteiger partial charge in [0.15, 0.2) is 0 Å². The van der Waals surface area contributed by atoms with E-state index in [1.807, 2.05) is 18.2 Å². The molecule has 124 valence electrons. The minimum Gasteiger partial charge on any atom is -0.461 e. The number of rotatable bonds is 3. The van der Waals surface area contributed by atoms with Gasteiger partial charge in [0, 0.05) is 17.5 Å². The van der Waals surface area contributed by atoms with E-state index < -0.39 is 23.2 Å². The first-order chi connectivity index (χ1) is 11.6. The molecule has 5 heteroatoms. The Morgan fingerprint density at radius 3 is 2.79 bits per heavy atom. The molecule has 6 rings (SSSR count). The average Bonchev–Trinajstić information content (AvgIpc) is 3.22. The Morgan fingerprint density at radius 2 is 2.04 bits per heavy atom. The highest BCUT2D eigenvalue weighted by atomic mass is 19.3. The van der Waals surface area contributed by atoms with Gasteiger partial charge in [0.05, 0.1) is 16.5 Å². The Bertz CT molecular complexity index is 841. The molecular weight excluding hydrogens is 312 g/mol. The third-order valence-corrected chi connectivity index (χ3v) is 6.51. The van der Waals surface area contributed by atoms with Crippen LogP contribution in [-0.4, -0.2) is 23.5 Å². The zero-order valence-electron chi connectivity index (χ0n) is 13.0. The number of carbonyl (C=O) groups excluding carboxylic acids is 1. The largest absolute Gasteiger partial charge is 0.461 e. The number of aromatic nitrogens is 1. The monoisotopic (exact) mass is 329 g/mol. The number of carbonyl (C=O) groups is 1. The van der Waals surface area contributed by atoms with Gasteiger partial charge in [0.1, 0.15) is 6.61 Å². The predicted octanol–water partition coefficient (Wildman–Crippen LogP) is 4.07. The van der Waals surface area contributed by atoms with Crippen LogP contribution in [0.4, 0.5) is 8.78 Å². The number of alkyl halides is 2. The first-order valence-corrected chi connectivity index (χ1v) is 8.44. The molecule has 4 aliphatic rings. The summed E-state index contributed by atoms with van der Waals surface area (Å²) in [6.45, 7) is -0.165. The minimum atomic E-state index is -2.69. The number of nitrogens with zero attached hydrogens (tertiary/aromatic N) is 1. The maximum atomic E-state index is 14.6. The number of hydrogen-bond donors (Lipinski definition) is 0. The Hall–Kier alpha value is -2.04. The third-order valence-electron chi connectivity index (χ3n) is 6.51. The molecule has 0 radical (unpaired) electrons. The van der Waals surface area contributed by atoms with E-state index >= 15 is 0 Å². The topological polar surface area (TPSA) is 39.2 Å². The van der Waals surface area contributed by atoms with Crippen LogP contribution < -0.4 is 0 Å². The summed E-state index contributed by atoms with van der Waals surface area (Å²) in [4.78, 5) is 16.7. The van der Waals surface area contributed by atoms with Gasteiger partial charge in [-0.2, -0.15) is 0 Å². The molecule has 0 saturated heterocycles. The molecule has 4 fully saturated rings. The van der Waals surface area contributed by atoms with Crippen LogP contribution in [0.1, 0.15) is 29.6 Å². The van der Waals surface area contributed by atoms with E-state index in [-0.39, 0.29) is 18.4 Å². The van der Waals surface area contributed by atoms with E-state index in [2.05, 4.69) is 4.98 Å². The second-order valence-corrected chi connectivity index (χ2v) is 7.34. The number of fused-ring (bicyclic) bond motifs is 2. The summed E-state index contributed by atoms with van der Waals surface area (Å²) in [5.41, 5.74) is -0.00523. The summed E-state index contributed by atoms with van der Waals surface area (Å²) in [5.74, 6) is -3.69. The maximum Gasteiger partial charge on any atom is 0.338 e. The van der Waals surface area contributed by atoms with Gasteiger partial charge in [-0.15, -0.1) is 0 Å². The average molecular weight is 329 g/mol. The SMILES string of the molecule is O=C(OCC12C3CCC(CC31)C2(F)F)c1ccnc2ccccc12. The van der Waals surface area contributed by atoms with Crippen molar-refractivity contribution in [3.05, 3.63) is 42.1 Å². The van der Waals surface area contributed by atoms with Crippen LogP contribution in [0.5, 0.6) is 0 Å². The van der Waals surface area contributed by atoms with Crippen LogP contribution >= 0.6 is 0 Å². The lowest BCUT2D eigenvalue weighted by atomic mass is 9.78. The normalized spacial score (nSPS) is 35.0. The van der Waals surface area contributed by atoms with E-state index in [0.717, 1.165) is 6.42 Å². The number of halogens is 2. The van der Waals surface area contributed by atoms with E-state index in [1.165, 1.54) is 0 Å². The number of benzene rings is 1. The van der Waals surface area contributed by atoms with Gasteiger partial charge in [-0.3, -0.25) is 4.98 Å². The van der Waals surface area contributed by atoms with Crippen molar-refractivity contribution in [1.82, 2.24) is 4.98 Å². The van der Waals surface area contributed by atoms with Crippen LogP contribution in [0.25, 0.3) is 10.9 Å². The molecule has 1 aromatic heterocycles. The predicted molar refractivity (Wildman–Crippen MR) is 83.7 cm³/mol. The molecule has 4 aliphatic carbocycles. The summed E-state index contributed by atoms with van der Waals surface area (Å²) < 4.78 is 34.7. The molecule has 1 heterocycles. The third kappa shape index (κ3) is 1.60. The standard InChI is InChI=1S/C19H17F2NO2/c20-19(21)11-5-6-14-15(9-11)18(14,19)10-24-17(23)13-7-8-22-16-4-2-1-3-12(13)16/h1-4,7-8,11,14-15H,5-6,9-10H2. The summed E-state index contributed by atoms with van der Waals surface area (Å²) in [5, 5.41) is 0.689. The van der Waals surface area contributed by atoms with E-state index in [1.54, 1.807) is 18.3 Å². The molecule has 0 amide bonds. The van der Waals surface area contributed by atoms with Gasteiger partial charge in [0.25, 0.3) is 5.92 Å². The number of ether oxygens (including phenoxy) is 1. The molecule has 24 heavy (non-hydrogen) atoms. The highest BCUT2D eigenvalue weighted by molar-refractivity contribution is 6.03. The molecule has 1 aromatic carbocycles. The zero-order chi connectivity index (χ0) is 16.5. The molecule has 4 saturated carbocycles. The lowest BCUT2D eigenvalue weighted by Gasteiger charge is -2.35. The van der Waals surface area contributed by atoms with Crippen molar-refractivity contribution in [2.24, 2.45) is 23.2 Å². The van der Waals surface area contributed by atoms with Crippen molar-refractivity contribution >= 4 is 16.9 Å². The number of esters is 1. The second kappa shape index (κ2) is 4.52. The Morgan fingerprint density at radius 1 is 1.21 bits per heavy atom. The highest BCUT2D eigenvalue weighted by Crippen LogP contribution is 2.81. The molecular formula is C19H17F2NO2. The molecule has 4 bridgehead atoms. The first-order valence-electron chi connectivity index (χ1n) is 8.44.